The van der Waals surface area contributed by atoms with Crippen molar-refractivity contribution >= 4 is 29.4 Å². The highest BCUT2D eigenvalue weighted by molar-refractivity contribution is 6.32. The number of halogens is 1. The molecule has 0 saturated heterocycles. The molecule has 1 aromatic carbocycles. The summed E-state index contributed by atoms with van der Waals surface area (Å²) in [6, 6.07) is 2.79. The van der Waals surface area contributed by atoms with Crippen LogP contribution in [0.5, 0.6) is 11.5 Å². The van der Waals surface area contributed by atoms with Gasteiger partial charge in [-0.1, -0.05) is 18.5 Å². The Labute approximate surface area is 163 Å². The van der Waals surface area contributed by atoms with Gasteiger partial charge in [0.1, 0.15) is 0 Å². The molecule has 1 aromatic rings. The van der Waals surface area contributed by atoms with Gasteiger partial charge < -0.3 is 24.8 Å². The smallest absolute Gasteiger partial charge is 0.338 e. The fraction of sp³-hybridized carbons (Fsp3) is 0.500. The molecule has 0 heterocycles. The maximum absolute atomic E-state index is 12.1. The topological polar surface area (TPSA) is 103 Å². The van der Waals surface area contributed by atoms with Crippen LogP contribution in [0.1, 0.15) is 37.6 Å². The number of ether oxygens (including phenoxy) is 3. The number of hydrogen-bond acceptors (Lipinski definition) is 6. The Hall–Kier alpha value is -2.48. The largest absolute Gasteiger partial charge is 0.493 e. The molecular formula is C18H25ClN2O6. The lowest BCUT2D eigenvalue weighted by molar-refractivity contribution is -0.127. The van der Waals surface area contributed by atoms with Gasteiger partial charge in [0.2, 0.25) is 5.91 Å². The van der Waals surface area contributed by atoms with Crippen molar-refractivity contribution in [2.75, 3.05) is 26.8 Å². The number of carbonyl (C=O) groups is 3. The third-order valence-corrected chi connectivity index (χ3v) is 3.45. The maximum atomic E-state index is 12.1. The van der Waals surface area contributed by atoms with Gasteiger partial charge in [0.25, 0.3) is 5.91 Å². The third-order valence-electron chi connectivity index (χ3n) is 3.17. The summed E-state index contributed by atoms with van der Waals surface area (Å²) in [6.07, 6.45) is 0.664. The zero-order valence-electron chi connectivity index (χ0n) is 15.9. The van der Waals surface area contributed by atoms with Crippen LogP contribution in [0.25, 0.3) is 0 Å². The Kier molecular flexibility index (Phi) is 9.42. The molecule has 150 valence electrons. The molecular weight excluding hydrogens is 376 g/mol. The van der Waals surface area contributed by atoms with Crippen LogP contribution in [0.15, 0.2) is 12.1 Å². The van der Waals surface area contributed by atoms with Crippen LogP contribution in [-0.4, -0.2) is 50.7 Å². The molecule has 0 fully saturated rings. The molecule has 0 aliphatic rings. The van der Waals surface area contributed by atoms with E-state index < -0.39 is 18.5 Å². The summed E-state index contributed by atoms with van der Waals surface area (Å²) >= 11 is 6.15. The summed E-state index contributed by atoms with van der Waals surface area (Å²) in [5.74, 6) is -1.06. The molecule has 0 aliphatic heterocycles. The van der Waals surface area contributed by atoms with Gasteiger partial charge in [0.15, 0.2) is 18.1 Å². The minimum absolute atomic E-state index is 0.112. The van der Waals surface area contributed by atoms with Crippen molar-refractivity contribution in [3.05, 3.63) is 22.7 Å². The standard InChI is InChI=1S/C18H25ClN2O6/c1-5-6-20-15(22)9-21-16(23)10-26-18(24)12-7-13(19)17(27-11(2)3)14(8-12)25-4/h7-8,11H,5-6,9-10H2,1-4H3,(H,20,22)(H,21,23). The van der Waals surface area contributed by atoms with E-state index in [4.69, 9.17) is 25.8 Å². The van der Waals surface area contributed by atoms with Crippen LogP contribution in [0, 0.1) is 0 Å². The Morgan fingerprint density at radius 1 is 1.15 bits per heavy atom. The Bertz CT molecular complexity index is 678. The van der Waals surface area contributed by atoms with E-state index in [1.165, 1.54) is 19.2 Å². The normalized spacial score (nSPS) is 10.3. The van der Waals surface area contributed by atoms with Gasteiger partial charge in [-0.2, -0.15) is 0 Å². The van der Waals surface area contributed by atoms with Gasteiger partial charge in [0.05, 0.1) is 30.3 Å². The Morgan fingerprint density at radius 3 is 2.44 bits per heavy atom. The first-order valence-corrected chi connectivity index (χ1v) is 8.91. The first kappa shape index (κ1) is 22.6. The minimum atomic E-state index is -0.753. The number of amides is 2. The summed E-state index contributed by atoms with van der Waals surface area (Å²) in [7, 11) is 1.42. The van der Waals surface area contributed by atoms with Crippen LogP contribution in [0.4, 0.5) is 0 Å². The SMILES string of the molecule is CCCNC(=O)CNC(=O)COC(=O)c1cc(Cl)c(OC(C)C)c(OC)c1. The highest BCUT2D eigenvalue weighted by Crippen LogP contribution is 2.37. The fourth-order valence-corrected chi connectivity index (χ4v) is 2.21. The molecule has 0 unspecified atom stereocenters. The lowest BCUT2D eigenvalue weighted by Gasteiger charge is -2.16. The van der Waals surface area contributed by atoms with Crippen molar-refractivity contribution in [2.24, 2.45) is 0 Å². The van der Waals surface area contributed by atoms with Gasteiger partial charge >= 0.3 is 5.97 Å². The predicted octanol–water partition coefficient (Wildman–Crippen LogP) is 1.93. The monoisotopic (exact) mass is 400 g/mol. The van der Waals surface area contributed by atoms with Crippen LogP contribution in [0.3, 0.4) is 0 Å². The summed E-state index contributed by atoms with van der Waals surface area (Å²) in [5.41, 5.74) is 0.112. The van der Waals surface area contributed by atoms with E-state index in [0.29, 0.717) is 12.3 Å². The molecule has 8 nitrogen and oxygen atoms in total. The highest BCUT2D eigenvalue weighted by atomic mass is 35.5. The second kappa shape index (κ2) is 11.3. The van der Waals surface area contributed by atoms with Crippen LogP contribution in [0.2, 0.25) is 5.02 Å². The number of methoxy groups -OCH3 is 1. The average molecular weight is 401 g/mol. The quantitative estimate of drug-likeness (QED) is 0.582. The molecule has 27 heavy (non-hydrogen) atoms. The van der Waals surface area contributed by atoms with E-state index in [9.17, 15) is 14.4 Å². The molecule has 2 amide bonds. The van der Waals surface area contributed by atoms with E-state index in [-0.39, 0.29) is 34.9 Å². The summed E-state index contributed by atoms with van der Waals surface area (Å²) < 4.78 is 15.7. The van der Waals surface area contributed by atoms with Gasteiger partial charge in [-0.05, 0) is 32.4 Å². The van der Waals surface area contributed by atoms with Crippen molar-refractivity contribution in [3.8, 4) is 11.5 Å². The third kappa shape index (κ3) is 7.74. The van der Waals surface area contributed by atoms with Gasteiger partial charge in [-0.25, -0.2) is 4.79 Å². The summed E-state index contributed by atoms with van der Waals surface area (Å²) in [6.45, 7) is 5.41. The fourth-order valence-electron chi connectivity index (χ4n) is 1.96. The molecule has 0 saturated carbocycles. The zero-order valence-corrected chi connectivity index (χ0v) is 16.6. The molecule has 0 radical (unpaired) electrons. The second-order valence-electron chi connectivity index (χ2n) is 5.86. The lowest BCUT2D eigenvalue weighted by atomic mass is 10.2. The van der Waals surface area contributed by atoms with Gasteiger partial charge in [-0.15, -0.1) is 0 Å². The van der Waals surface area contributed by atoms with E-state index in [1.54, 1.807) is 0 Å². The number of carbonyl (C=O) groups excluding carboxylic acids is 3. The van der Waals surface area contributed by atoms with Gasteiger partial charge in [0, 0.05) is 6.54 Å². The van der Waals surface area contributed by atoms with Crippen molar-refractivity contribution < 1.29 is 28.6 Å². The number of nitrogens with one attached hydrogen (secondary N) is 2. The molecule has 0 aliphatic carbocycles. The Morgan fingerprint density at radius 2 is 1.85 bits per heavy atom. The average Bonchev–Trinajstić information content (AvgIpc) is 2.63. The second-order valence-corrected chi connectivity index (χ2v) is 6.27. The van der Waals surface area contributed by atoms with E-state index in [2.05, 4.69) is 10.6 Å². The maximum Gasteiger partial charge on any atom is 0.338 e. The summed E-state index contributed by atoms with van der Waals surface area (Å²) in [5, 5.41) is 5.17. The van der Waals surface area contributed by atoms with E-state index in [0.717, 1.165) is 6.42 Å². The number of hydrogen-bond donors (Lipinski definition) is 2. The summed E-state index contributed by atoms with van der Waals surface area (Å²) in [4.78, 5) is 35.2. The molecule has 0 bridgehead atoms. The first-order valence-electron chi connectivity index (χ1n) is 8.53. The van der Waals surface area contributed by atoms with Crippen LogP contribution >= 0.6 is 11.6 Å². The number of rotatable bonds is 10. The molecule has 0 spiro atoms. The Balaban J connectivity index is 2.63. The minimum Gasteiger partial charge on any atom is -0.493 e. The molecule has 1 rings (SSSR count). The molecule has 9 heteroatoms. The van der Waals surface area contributed by atoms with Crippen molar-refractivity contribution in [2.45, 2.75) is 33.3 Å². The predicted molar refractivity (Wildman–Crippen MR) is 100 cm³/mol. The number of esters is 1. The zero-order chi connectivity index (χ0) is 20.4. The van der Waals surface area contributed by atoms with E-state index >= 15 is 0 Å². The molecule has 0 aromatic heterocycles. The molecule has 0 atom stereocenters. The lowest BCUT2D eigenvalue weighted by Crippen LogP contribution is -2.38. The van der Waals surface area contributed by atoms with E-state index in [1.807, 2.05) is 20.8 Å². The number of benzene rings is 1. The van der Waals surface area contributed by atoms with Crippen molar-refractivity contribution in [3.63, 3.8) is 0 Å². The van der Waals surface area contributed by atoms with Crippen LogP contribution in [-0.2, 0) is 14.3 Å². The van der Waals surface area contributed by atoms with Crippen LogP contribution < -0.4 is 20.1 Å². The van der Waals surface area contributed by atoms with Gasteiger partial charge in [-0.3, -0.25) is 9.59 Å². The van der Waals surface area contributed by atoms with Crippen molar-refractivity contribution in [1.82, 2.24) is 10.6 Å². The molecule has 2 N–H and O–H groups in total. The first-order chi connectivity index (χ1) is 12.8. The van der Waals surface area contributed by atoms with Crippen molar-refractivity contribution in [1.29, 1.82) is 0 Å². The highest BCUT2D eigenvalue weighted by Gasteiger charge is 2.18.